The minimum atomic E-state index is -2.95. The Morgan fingerprint density at radius 1 is 1.12 bits per heavy atom. The summed E-state index contributed by atoms with van der Waals surface area (Å²) in [4.78, 5) is 18.9. The van der Waals surface area contributed by atoms with E-state index in [0.717, 1.165) is 25.6 Å². The Kier molecular flexibility index (Phi) is 5.84. The largest absolute Gasteiger partial charge is 0.325 e. The van der Waals surface area contributed by atoms with Crippen molar-refractivity contribution in [3.8, 4) is 0 Å². The van der Waals surface area contributed by atoms with Crippen molar-refractivity contribution in [3.63, 3.8) is 0 Å². The van der Waals surface area contributed by atoms with Crippen LogP contribution in [0.25, 0.3) is 21.3 Å². The number of rotatable bonds is 6. The van der Waals surface area contributed by atoms with E-state index in [2.05, 4.69) is 20.6 Å². The lowest BCUT2D eigenvalue weighted by molar-refractivity contribution is -0.117. The van der Waals surface area contributed by atoms with Crippen molar-refractivity contribution in [1.29, 1.82) is 0 Å². The average molecular weight is 489 g/mol. The molecule has 0 atom stereocenters. The molecule has 0 spiro atoms. The zero-order valence-corrected chi connectivity index (χ0v) is 19.4. The molecule has 1 amide bonds. The zero-order valence-electron chi connectivity index (χ0n) is 17.0. The van der Waals surface area contributed by atoms with Crippen LogP contribution in [0.4, 0.5) is 5.69 Å². The van der Waals surface area contributed by atoms with Gasteiger partial charge in [0.15, 0.2) is 14.2 Å². The SMILES string of the molecule is O=C(CN1CCS(=O)(=O)CC1)Nc1ccc2nc(SCn3nnc4ccccc43)sc2c1. The van der Waals surface area contributed by atoms with Crippen LogP contribution < -0.4 is 5.32 Å². The number of thioether (sulfide) groups is 1. The molecule has 0 saturated carbocycles. The molecule has 1 aliphatic heterocycles. The summed E-state index contributed by atoms with van der Waals surface area (Å²) in [5, 5.41) is 11.3. The Labute approximate surface area is 192 Å². The number of hydrogen-bond donors (Lipinski definition) is 1. The summed E-state index contributed by atoms with van der Waals surface area (Å²) in [7, 11) is -2.95. The first kappa shape index (κ1) is 21.3. The van der Waals surface area contributed by atoms with Crippen LogP contribution in [-0.4, -0.2) is 70.3 Å². The van der Waals surface area contributed by atoms with E-state index in [1.165, 1.54) is 0 Å². The van der Waals surface area contributed by atoms with Crippen LogP contribution in [0.3, 0.4) is 0 Å². The minimum Gasteiger partial charge on any atom is -0.325 e. The number of sulfone groups is 1. The molecular formula is C20H20N6O3S3. The Hall–Kier alpha value is -2.54. The number of nitrogens with one attached hydrogen (secondary N) is 1. The van der Waals surface area contributed by atoms with Gasteiger partial charge in [-0.1, -0.05) is 29.1 Å². The molecule has 12 heteroatoms. The number of anilines is 1. The van der Waals surface area contributed by atoms with E-state index in [0.29, 0.717) is 24.7 Å². The van der Waals surface area contributed by atoms with Crippen molar-refractivity contribution >= 4 is 65.8 Å². The van der Waals surface area contributed by atoms with E-state index in [9.17, 15) is 13.2 Å². The van der Waals surface area contributed by atoms with Gasteiger partial charge in [0.05, 0.1) is 39.7 Å². The van der Waals surface area contributed by atoms with Gasteiger partial charge in [0.25, 0.3) is 0 Å². The summed E-state index contributed by atoms with van der Waals surface area (Å²) in [6, 6.07) is 13.5. The van der Waals surface area contributed by atoms with Gasteiger partial charge in [0.1, 0.15) is 5.52 Å². The monoisotopic (exact) mass is 488 g/mol. The van der Waals surface area contributed by atoms with E-state index in [1.807, 2.05) is 52.0 Å². The molecule has 0 unspecified atom stereocenters. The second kappa shape index (κ2) is 8.77. The fraction of sp³-hybridized carbons (Fsp3) is 0.300. The zero-order chi connectivity index (χ0) is 22.1. The standard InChI is InChI=1S/C20H20N6O3S3/c27-19(12-25-7-9-32(28,29)10-8-25)21-14-5-6-16-18(11-14)31-20(22-16)30-13-26-17-4-2-1-3-15(17)23-24-26/h1-6,11H,7-10,12-13H2,(H,21,27). The number of nitrogens with zero attached hydrogens (tertiary/aromatic N) is 5. The maximum Gasteiger partial charge on any atom is 0.238 e. The van der Waals surface area contributed by atoms with Crippen LogP contribution in [0.2, 0.25) is 0 Å². The molecule has 1 N–H and O–H groups in total. The molecule has 4 aromatic rings. The molecule has 32 heavy (non-hydrogen) atoms. The minimum absolute atomic E-state index is 0.109. The van der Waals surface area contributed by atoms with Crippen LogP contribution in [0.15, 0.2) is 46.8 Å². The van der Waals surface area contributed by atoms with Crippen LogP contribution >= 0.6 is 23.1 Å². The van der Waals surface area contributed by atoms with Crippen LogP contribution in [0.1, 0.15) is 0 Å². The van der Waals surface area contributed by atoms with Gasteiger partial charge in [0, 0.05) is 18.8 Å². The topological polar surface area (TPSA) is 110 Å². The third-order valence-electron chi connectivity index (χ3n) is 5.19. The van der Waals surface area contributed by atoms with Crippen molar-refractivity contribution in [2.45, 2.75) is 10.2 Å². The molecule has 1 saturated heterocycles. The van der Waals surface area contributed by atoms with Gasteiger partial charge in [0.2, 0.25) is 5.91 Å². The highest BCUT2D eigenvalue weighted by molar-refractivity contribution is 8.00. The Morgan fingerprint density at radius 3 is 2.78 bits per heavy atom. The van der Waals surface area contributed by atoms with Crippen molar-refractivity contribution in [3.05, 3.63) is 42.5 Å². The number of aromatic nitrogens is 4. The van der Waals surface area contributed by atoms with Gasteiger partial charge in [-0.05, 0) is 30.3 Å². The summed E-state index contributed by atoms with van der Waals surface area (Å²) in [5.74, 6) is 0.673. The van der Waals surface area contributed by atoms with Gasteiger partial charge >= 0.3 is 0 Å². The molecule has 0 aliphatic carbocycles. The van der Waals surface area contributed by atoms with E-state index in [1.54, 1.807) is 23.1 Å². The fourth-order valence-electron chi connectivity index (χ4n) is 3.48. The van der Waals surface area contributed by atoms with Gasteiger partial charge in [-0.2, -0.15) is 0 Å². The van der Waals surface area contributed by atoms with Crippen LogP contribution in [0.5, 0.6) is 0 Å². The van der Waals surface area contributed by atoms with E-state index < -0.39 is 9.84 Å². The molecule has 1 aliphatic rings. The highest BCUT2D eigenvalue weighted by Gasteiger charge is 2.23. The highest BCUT2D eigenvalue weighted by atomic mass is 32.2. The maximum atomic E-state index is 12.4. The molecule has 3 heterocycles. The maximum absolute atomic E-state index is 12.4. The summed E-state index contributed by atoms with van der Waals surface area (Å²) in [6.07, 6.45) is 0. The number of thiazole rings is 1. The lowest BCUT2D eigenvalue weighted by Gasteiger charge is -2.25. The number of amides is 1. The van der Waals surface area contributed by atoms with Gasteiger partial charge in [-0.3, -0.25) is 9.69 Å². The fourth-order valence-corrected chi connectivity index (χ4v) is 6.75. The second-order valence-corrected chi connectivity index (χ2v) is 12.0. The molecule has 2 aromatic carbocycles. The normalized spacial score (nSPS) is 16.5. The molecule has 5 rings (SSSR count). The van der Waals surface area contributed by atoms with E-state index >= 15 is 0 Å². The molecule has 2 aromatic heterocycles. The Bertz CT molecular complexity index is 1380. The number of benzene rings is 2. The van der Waals surface area contributed by atoms with E-state index in [-0.39, 0.29) is 24.0 Å². The smallest absolute Gasteiger partial charge is 0.238 e. The summed E-state index contributed by atoms with van der Waals surface area (Å²) < 4.78 is 26.8. The van der Waals surface area contributed by atoms with Crippen molar-refractivity contribution < 1.29 is 13.2 Å². The molecule has 166 valence electrons. The molecular weight excluding hydrogens is 468 g/mol. The number of hydrogen-bond acceptors (Lipinski definition) is 9. The lowest BCUT2D eigenvalue weighted by Crippen LogP contribution is -2.43. The lowest BCUT2D eigenvalue weighted by atomic mass is 10.3. The van der Waals surface area contributed by atoms with Crippen molar-refractivity contribution in [2.24, 2.45) is 0 Å². The first-order valence-electron chi connectivity index (χ1n) is 9.99. The number of para-hydroxylation sites is 1. The number of carbonyl (C=O) groups is 1. The first-order valence-corrected chi connectivity index (χ1v) is 13.6. The van der Waals surface area contributed by atoms with Gasteiger partial charge < -0.3 is 5.32 Å². The average Bonchev–Trinajstić information content (AvgIpc) is 3.37. The summed E-state index contributed by atoms with van der Waals surface area (Å²) in [5.41, 5.74) is 3.43. The summed E-state index contributed by atoms with van der Waals surface area (Å²) >= 11 is 3.15. The molecule has 9 nitrogen and oxygen atoms in total. The summed E-state index contributed by atoms with van der Waals surface area (Å²) in [6.45, 7) is 0.972. The quantitative estimate of drug-likeness (QED) is 0.412. The van der Waals surface area contributed by atoms with Crippen LogP contribution in [0, 0.1) is 0 Å². The third kappa shape index (κ3) is 4.77. The predicted octanol–water partition coefficient (Wildman–Crippen LogP) is 2.46. The van der Waals surface area contributed by atoms with Gasteiger partial charge in [-0.25, -0.2) is 18.1 Å². The Balaban J connectivity index is 1.21. The Morgan fingerprint density at radius 2 is 1.94 bits per heavy atom. The molecule has 1 fully saturated rings. The highest BCUT2D eigenvalue weighted by Crippen LogP contribution is 2.32. The number of fused-ring (bicyclic) bond motifs is 2. The molecule has 0 radical (unpaired) electrons. The first-order chi connectivity index (χ1) is 15.4. The number of carbonyl (C=O) groups excluding carboxylic acids is 1. The van der Waals surface area contributed by atoms with Crippen LogP contribution in [-0.2, 0) is 20.5 Å². The van der Waals surface area contributed by atoms with Gasteiger partial charge in [-0.15, -0.1) is 16.4 Å². The molecule has 0 bridgehead atoms. The predicted molar refractivity (Wildman–Crippen MR) is 127 cm³/mol. The van der Waals surface area contributed by atoms with Crippen molar-refractivity contribution in [1.82, 2.24) is 24.9 Å². The van der Waals surface area contributed by atoms with E-state index in [4.69, 9.17) is 0 Å². The third-order valence-corrected chi connectivity index (χ3v) is 8.92. The second-order valence-electron chi connectivity index (χ2n) is 7.49. The van der Waals surface area contributed by atoms with Crippen molar-refractivity contribution in [2.75, 3.05) is 36.5 Å².